The van der Waals surface area contributed by atoms with Crippen LogP contribution >= 0.6 is 0 Å². The van der Waals surface area contributed by atoms with Crippen molar-refractivity contribution in [2.24, 2.45) is 13.0 Å². The van der Waals surface area contributed by atoms with E-state index in [4.69, 9.17) is 0 Å². The zero-order chi connectivity index (χ0) is 15.8. The van der Waals surface area contributed by atoms with Crippen LogP contribution in [-0.2, 0) is 23.2 Å². The molecule has 2 heterocycles. The minimum atomic E-state index is -0.886. The first kappa shape index (κ1) is 15.5. The molecule has 0 saturated carbocycles. The summed E-state index contributed by atoms with van der Waals surface area (Å²) in [4.78, 5) is 30.8. The molecule has 1 saturated heterocycles. The molecule has 21 heavy (non-hydrogen) atoms. The van der Waals surface area contributed by atoms with Gasteiger partial charge in [-0.2, -0.15) is 5.10 Å². The van der Waals surface area contributed by atoms with Gasteiger partial charge in [-0.25, -0.2) is 4.98 Å². The number of aromatic nitrogens is 3. The van der Waals surface area contributed by atoms with Crippen LogP contribution in [0.1, 0.15) is 39.9 Å². The number of hydrogen-bond acceptors (Lipinski definition) is 4. The van der Waals surface area contributed by atoms with E-state index < -0.39 is 11.6 Å². The molecule has 1 atom stereocenters. The Kier molecular flexibility index (Phi) is 4.02. The number of carbonyl (C=O) groups excluding carboxylic acids is 2. The van der Waals surface area contributed by atoms with Crippen molar-refractivity contribution >= 4 is 11.8 Å². The van der Waals surface area contributed by atoms with Gasteiger partial charge < -0.3 is 10.2 Å². The standard InChI is InChI=1S/C14H23N5O2/c1-9(2)6-10-12(20)17-14(3,4)13(21)19(10)7-11-15-8-16-18(11)5/h8-10H,6-7H2,1-5H3,(H,17,20). The summed E-state index contributed by atoms with van der Waals surface area (Å²) in [6.07, 6.45) is 2.08. The third-order valence-electron chi connectivity index (χ3n) is 3.72. The minimum absolute atomic E-state index is 0.0873. The number of aryl methyl sites for hydroxylation is 1. The summed E-state index contributed by atoms with van der Waals surface area (Å²) in [6.45, 7) is 7.82. The molecular weight excluding hydrogens is 270 g/mol. The minimum Gasteiger partial charge on any atom is -0.340 e. The zero-order valence-corrected chi connectivity index (χ0v) is 13.3. The van der Waals surface area contributed by atoms with Gasteiger partial charge in [0.2, 0.25) is 11.8 Å². The second-order valence-corrected chi connectivity index (χ2v) is 6.49. The number of nitrogens with zero attached hydrogens (tertiary/aromatic N) is 4. The van der Waals surface area contributed by atoms with Crippen molar-refractivity contribution in [3.63, 3.8) is 0 Å². The molecule has 0 spiro atoms. The number of amides is 2. The van der Waals surface area contributed by atoms with Crippen molar-refractivity contribution in [2.45, 2.75) is 52.2 Å². The molecule has 1 aliphatic rings. The Morgan fingerprint density at radius 2 is 2.05 bits per heavy atom. The molecule has 0 radical (unpaired) electrons. The van der Waals surface area contributed by atoms with Gasteiger partial charge in [-0.15, -0.1) is 0 Å². The molecule has 1 N–H and O–H groups in total. The lowest BCUT2D eigenvalue weighted by molar-refractivity contribution is -0.155. The van der Waals surface area contributed by atoms with Gasteiger partial charge in [-0.3, -0.25) is 14.3 Å². The highest BCUT2D eigenvalue weighted by Gasteiger charge is 2.45. The van der Waals surface area contributed by atoms with Crippen LogP contribution in [0.2, 0.25) is 0 Å². The quantitative estimate of drug-likeness (QED) is 0.875. The lowest BCUT2D eigenvalue weighted by Gasteiger charge is -2.43. The average molecular weight is 293 g/mol. The second kappa shape index (κ2) is 5.46. The van der Waals surface area contributed by atoms with E-state index in [1.165, 1.54) is 6.33 Å². The molecule has 2 amide bonds. The molecule has 1 aliphatic heterocycles. The van der Waals surface area contributed by atoms with Crippen molar-refractivity contribution in [3.8, 4) is 0 Å². The SMILES string of the molecule is CC(C)CC1C(=O)NC(C)(C)C(=O)N1Cc1ncnn1C. The molecule has 7 heteroatoms. The number of rotatable bonds is 4. The Hall–Kier alpha value is -1.92. The third kappa shape index (κ3) is 3.06. The molecular formula is C14H23N5O2. The third-order valence-corrected chi connectivity index (χ3v) is 3.72. The van der Waals surface area contributed by atoms with Crippen molar-refractivity contribution < 1.29 is 9.59 Å². The summed E-state index contributed by atoms with van der Waals surface area (Å²) >= 11 is 0. The Morgan fingerprint density at radius 1 is 1.38 bits per heavy atom. The molecule has 1 aromatic heterocycles. The van der Waals surface area contributed by atoms with Crippen molar-refractivity contribution in [3.05, 3.63) is 12.2 Å². The van der Waals surface area contributed by atoms with E-state index in [9.17, 15) is 9.59 Å². The van der Waals surface area contributed by atoms with Gasteiger partial charge in [0.1, 0.15) is 23.7 Å². The van der Waals surface area contributed by atoms with Crippen LogP contribution in [0.4, 0.5) is 0 Å². The van der Waals surface area contributed by atoms with Crippen LogP contribution < -0.4 is 5.32 Å². The monoisotopic (exact) mass is 293 g/mol. The van der Waals surface area contributed by atoms with Gasteiger partial charge in [0.15, 0.2) is 0 Å². The van der Waals surface area contributed by atoms with Crippen LogP contribution in [0, 0.1) is 5.92 Å². The van der Waals surface area contributed by atoms with E-state index in [2.05, 4.69) is 15.4 Å². The fourth-order valence-corrected chi connectivity index (χ4v) is 2.57. The normalized spacial score (nSPS) is 21.8. The molecule has 0 aliphatic carbocycles. The zero-order valence-electron chi connectivity index (χ0n) is 13.3. The van der Waals surface area contributed by atoms with Gasteiger partial charge in [-0.05, 0) is 26.2 Å². The number of hydrogen-bond donors (Lipinski definition) is 1. The number of nitrogens with one attached hydrogen (secondary N) is 1. The maximum absolute atomic E-state index is 12.7. The first-order valence-electron chi connectivity index (χ1n) is 7.18. The predicted molar refractivity (Wildman–Crippen MR) is 77.0 cm³/mol. The summed E-state index contributed by atoms with van der Waals surface area (Å²) < 4.78 is 1.62. The fraction of sp³-hybridized carbons (Fsp3) is 0.714. The van der Waals surface area contributed by atoms with E-state index in [0.717, 1.165) is 0 Å². The topological polar surface area (TPSA) is 80.1 Å². The molecule has 1 aromatic rings. The largest absolute Gasteiger partial charge is 0.340 e. The van der Waals surface area contributed by atoms with Gasteiger partial charge in [-0.1, -0.05) is 13.8 Å². The van der Waals surface area contributed by atoms with E-state index >= 15 is 0 Å². The predicted octanol–water partition coefficient (Wildman–Crippen LogP) is 0.467. The van der Waals surface area contributed by atoms with Crippen LogP contribution in [0.5, 0.6) is 0 Å². The van der Waals surface area contributed by atoms with E-state index in [0.29, 0.717) is 24.7 Å². The Bertz CT molecular complexity index is 549. The Labute approximate surface area is 124 Å². The summed E-state index contributed by atoms with van der Waals surface area (Å²) in [6, 6.07) is -0.456. The lowest BCUT2D eigenvalue weighted by atomic mass is 9.92. The first-order valence-corrected chi connectivity index (χ1v) is 7.18. The van der Waals surface area contributed by atoms with Crippen LogP contribution in [0.15, 0.2) is 6.33 Å². The molecule has 1 fully saturated rings. The highest BCUT2D eigenvalue weighted by Crippen LogP contribution is 2.23. The fourth-order valence-electron chi connectivity index (χ4n) is 2.57. The van der Waals surface area contributed by atoms with Gasteiger partial charge in [0.25, 0.3) is 0 Å². The maximum Gasteiger partial charge on any atom is 0.248 e. The summed E-state index contributed by atoms with van der Waals surface area (Å²) in [5.41, 5.74) is -0.886. The summed E-state index contributed by atoms with van der Waals surface area (Å²) in [5, 5.41) is 6.83. The highest BCUT2D eigenvalue weighted by molar-refractivity contribution is 5.99. The number of piperazine rings is 1. The van der Waals surface area contributed by atoms with Crippen molar-refractivity contribution in [2.75, 3.05) is 0 Å². The molecule has 0 aromatic carbocycles. The van der Waals surface area contributed by atoms with E-state index in [1.807, 2.05) is 13.8 Å². The smallest absolute Gasteiger partial charge is 0.248 e. The summed E-state index contributed by atoms with van der Waals surface area (Å²) in [7, 11) is 1.78. The highest BCUT2D eigenvalue weighted by atomic mass is 16.2. The van der Waals surface area contributed by atoms with E-state index in [-0.39, 0.29) is 11.8 Å². The van der Waals surface area contributed by atoms with E-state index in [1.54, 1.807) is 30.5 Å². The van der Waals surface area contributed by atoms with Crippen LogP contribution in [-0.4, -0.2) is 43.1 Å². The number of carbonyl (C=O) groups is 2. The van der Waals surface area contributed by atoms with Gasteiger partial charge in [0.05, 0.1) is 6.54 Å². The molecule has 7 nitrogen and oxygen atoms in total. The Balaban J connectivity index is 2.31. The van der Waals surface area contributed by atoms with Gasteiger partial charge in [0, 0.05) is 7.05 Å². The van der Waals surface area contributed by atoms with Crippen molar-refractivity contribution in [1.82, 2.24) is 25.0 Å². The average Bonchev–Trinajstić information content (AvgIpc) is 2.76. The molecule has 1 unspecified atom stereocenters. The molecule has 0 bridgehead atoms. The molecule has 2 rings (SSSR count). The Morgan fingerprint density at radius 3 is 2.57 bits per heavy atom. The van der Waals surface area contributed by atoms with Crippen molar-refractivity contribution in [1.29, 1.82) is 0 Å². The van der Waals surface area contributed by atoms with Crippen LogP contribution in [0.25, 0.3) is 0 Å². The van der Waals surface area contributed by atoms with Crippen LogP contribution in [0.3, 0.4) is 0 Å². The van der Waals surface area contributed by atoms with Gasteiger partial charge >= 0.3 is 0 Å². The lowest BCUT2D eigenvalue weighted by Crippen LogP contribution is -2.68. The summed E-state index contributed by atoms with van der Waals surface area (Å²) in [5.74, 6) is 0.797. The second-order valence-electron chi connectivity index (χ2n) is 6.49. The maximum atomic E-state index is 12.7. The first-order chi connectivity index (χ1) is 9.72. The molecule has 116 valence electrons.